The molecule has 118 valence electrons. The fourth-order valence-corrected chi connectivity index (χ4v) is 3.63. The lowest BCUT2D eigenvalue weighted by molar-refractivity contribution is -0.633. The van der Waals surface area contributed by atoms with Gasteiger partial charge < -0.3 is 0 Å². The molecule has 1 nitrogen and oxygen atoms in total. The lowest BCUT2D eigenvalue weighted by Gasteiger charge is -2.10. The van der Waals surface area contributed by atoms with E-state index in [9.17, 15) is 0 Å². The van der Waals surface area contributed by atoms with Gasteiger partial charge in [0.05, 0.1) is 0 Å². The molecule has 0 saturated carbocycles. The Balaban J connectivity index is 1.99. The monoisotopic (exact) mass is 312 g/mol. The van der Waals surface area contributed by atoms with Gasteiger partial charge in [-0.2, -0.15) is 4.57 Å². The Hall–Kier alpha value is -2.67. The van der Waals surface area contributed by atoms with Crippen molar-refractivity contribution in [2.24, 2.45) is 7.05 Å². The molecule has 1 aromatic heterocycles. The third-order valence-electron chi connectivity index (χ3n) is 5.12. The molecule has 24 heavy (non-hydrogen) atoms. The van der Waals surface area contributed by atoms with Crippen LogP contribution in [0.1, 0.15) is 18.1 Å². The summed E-state index contributed by atoms with van der Waals surface area (Å²) < 4.78 is 2.33. The molecular weight excluding hydrogens is 290 g/mol. The predicted molar refractivity (Wildman–Crippen MR) is 102 cm³/mol. The highest BCUT2D eigenvalue weighted by Crippen LogP contribution is 2.29. The van der Waals surface area contributed by atoms with Gasteiger partial charge in [0.25, 0.3) is 0 Å². The summed E-state index contributed by atoms with van der Waals surface area (Å²) in [6.07, 6.45) is 1.06. The summed E-state index contributed by atoms with van der Waals surface area (Å²) in [6, 6.07) is 24.3. The Kier molecular flexibility index (Phi) is 3.57. The number of aryl methyl sites for hydroxylation is 3. The van der Waals surface area contributed by atoms with Crippen LogP contribution in [0, 0.1) is 6.92 Å². The maximum Gasteiger partial charge on any atom is 0.213 e. The third-order valence-corrected chi connectivity index (χ3v) is 5.12. The van der Waals surface area contributed by atoms with Crippen LogP contribution < -0.4 is 4.57 Å². The Bertz CT molecular complexity index is 1060. The summed E-state index contributed by atoms with van der Waals surface area (Å²) >= 11 is 0. The number of aromatic nitrogens is 1. The van der Waals surface area contributed by atoms with Crippen molar-refractivity contribution in [1.82, 2.24) is 0 Å². The molecule has 3 aromatic carbocycles. The molecule has 1 heteroatoms. The van der Waals surface area contributed by atoms with E-state index in [4.69, 9.17) is 0 Å². The molecule has 0 aliphatic rings. The lowest BCUT2D eigenvalue weighted by Crippen LogP contribution is -2.32. The Morgan fingerprint density at radius 1 is 0.833 bits per heavy atom. The maximum atomic E-state index is 2.33. The summed E-state index contributed by atoms with van der Waals surface area (Å²) in [7, 11) is 2.17. The zero-order valence-electron chi connectivity index (χ0n) is 14.5. The van der Waals surface area contributed by atoms with Crippen molar-refractivity contribution >= 4 is 21.7 Å². The van der Waals surface area contributed by atoms with Crippen molar-refractivity contribution in [2.75, 3.05) is 0 Å². The molecule has 0 N–H and O–H groups in total. The van der Waals surface area contributed by atoms with Crippen molar-refractivity contribution < 1.29 is 4.57 Å². The zero-order chi connectivity index (χ0) is 16.7. The van der Waals surface area contributed by atoms with Gasteiger partial charge in [0, 0.05) is 23.1 Å². The van der Waals surface area contributed by atoms with E-state index in [0.29, 0.717) is 0 Å². The number of hydrogen-bond donors (Lipinski definition) is 0. The molecule has 1 heterocycles. The van der Waals surface area contributed by atoms with Crippen molar-refractivity contribution in [1.29, 1.82) is 0 Å². The fourth-order valence-electron chi connectivity index (χ4n) is 3.63. The molecule has 0 aliphatic carbocycles. The molecular formula is C23H22N+. The summed E-state index contributed by atoms with van der Waals surface area (Å²) in [5.41, 5.74) is 6.58. The van der Waals surface area contributed by atoms with Crippen LogP contribution in [0.4, 0.5) is 0 Å². The average Bonchev–Trinajstić information content (AvgIpc) is 2.63. The molecule has 0 atom stereocenters. The molecule has 0 radical (unpaired) electrons. The highest BCUT2D eigenvalue weighted by atomic mass is 14.9. The maximum absolute atomic E-state index is 2.33. The summed E-state index contributed by atoms with van der Waals surface area (Å²) in [6.45, 7) is 4.43. The van der Waals surface area contributed by atoms with E-state index in [1.165, 1.54) is 44.1 Å². The van der Waals surface area contributed by atoms with Crippen molar-refractivity contribution in [3.63, 3.8) is 0 Å². The minimum Gasteiger partial charge on any atom is -0.194 e. The number of hydrogen-bond acceptors (Lipinski definition) is 0. The summed E-state index contributed by atoms with van der Waals surface area (Å²) in [4.78, 5) is 0. The molecule has 0 spiro atoms. The standard InChI is InChI=1S/C23H22N/c1-4-17-9-10-19-12-14-22(24(3)23(19)15-17)21-13-11-18-7-5-6-8-20(18)16(21)2/h5-15H,4H2,1-3H3/q+1. The van der Waals surface area contributed by atoms with Gasteiger partial charge in [0.1, 0.15) is 7.05 Å². The molecule has 0 saturated heterocycles. The van der Waals surface area contributed by atoms with Crippen molar-refractivity contribution in [3.8, 4) is 11.3 Å². The highest BCUT2D eigenvalue weighted by molar-refractivity contribution is 5.91. The summed E-state index contributed by atoms with van der Waals surface area (Å²) in [5.74, 6) is 0. The van der Waals surface area contributed by atoms with E-state index in [0.717, 1.165) is 6.42 Å². The van der Waals surface area contributed by atoms with Crippen LogP contribution in [0.3, 0.4) is 0 Å². The smallest absolute Gasteiger partial charge is 0.194 e. The van der Waals surface area contributed by atoms with E-state index in [2.05, 4.69) is 92.2 Å². The fraction of sp³-hybridized carbons (Fsp3) is 0.174. The second-order valence-electron chi connectivity index (χ2n) is 6.48. The molecule has 0 aliphatic heterocycles. The first-order valence-corrected chi connectivity index (χ1v) is 8.59. The van der Waals surface area contributed by atoms with Crippen LogP contribution in [0.5, 0.6) is 0 Å². The minimum atomic E-state index is 1.06. The van der Waals surface area contributed by atoms with Gasteiger partial charge in [-0.25, -0.2) is 0 Å². The number of pyridine rings is 1. The molecule has 0 fully saturated rings. The van der Waals surface area contributed by atoms with Gasteiger partial charge >= 0.3 is 0 Å². The molecule has 0 unspecified atom stereocenters. The van der Waals surface area contributed by atoms with Crippen molar-refractivity contribution in [2.45, 2.75) is 20.3 Å². The average molecular weight is 312 g/mol. The second-order valence-corrected chi connectivity index (χ2v) is 6.48. The van der Waals surface area contributed by atoms with E-state index in [1.54, 1.807) is 0 Å². The van der Waals surface area contributed by atoms with Crippen LogP contribution in [0.2, 0.25) is 0 Å². The van der Waals surface area contributed by atoms with Gasteiger partial charge in [-0.3, -0.25) is 0 Å². The third kappa shape index (κ3) is 2.28. The van der Waals surface area contributed by atoms with Gasteiger partial charge in [-0.05, 0) is 53.4 Å². The van der Waals surface area contributed by atoms with E-state index >= 15 is 0 Å². The predicted octanol–water partition coefficient (Wildman–Crippen LogP) is 5.36. The molecule has 4 aromatic rings. The topological polar surface area (TPSA) is 3.88 Å². The van der Waals surface area contributed by atoms with Crippen LogP contribution in [0.15, 0.2) is 66.7 Å². The zero-order valence-corrected chi connectivity index (χ0v) is 14.5. The SMILES string of the molecule is CCc1ccc2ccc(-c3ccc4ccccc4c3C)[n+](C)c2c1. The molecule has 0 amide bonds. The van der Waals surface area contributed by atoms with Gasteiger partial charge in [0.2, 0.25) is 11.2 Å². The molecule has 4 rings (SSSR count). The normalized spacial score (nSPS) is 11.3. The minimum absolute atomic E-state index is 1.06. The van der Waals surface area contributed by atoms with Crippen LogP contribution in [-0.2, 0) is 13.5 Å². The van der Waals surface area contributed by atoms with E-state index in [-0.39, 0.29) is 0 Å². The van der Waals surface area contributed by atoms with Crippen LogP contribution in [0.25, 0.3) is 32.9 Å². The number of benzene rings is 3. The molecule has 0 bridgehead atoms. The van der Waals surface area contributed by atoms with Gasteiger partial charge in [0.15, 0.2) is 0 Å². The largest absolute Gasteiger partial charge is 0.213 e. The summed E-state index contributed by atoms with van der Waals surface area (Å²) in [5, 5.41) is 3.92. The first-order chi connectivity index (χ1) is 11.7. The van der Waals surface area contributed by atoms with Gasteiger partial charge in [-0.15, -0.1) is 0 Å². The van der Waals surface area contributed by atoms with E-state index < -0.39 is 0 Å². The first kappa shape index (κ1) is 14.9. The number of nitrogens with zero attached hydrogens (tertiary/aromatic N) is 1. The highest BCUT2D eigenvalue weighted by Gasteiger charge is 2.17. The van der Waals surface area contributed by atoms with Crippen LogP contribution >= 0.6 is 0 Å². The second kappa shape index (κ2) is 5.76. The lowest BCUT2D eigenvalue weighted by atomic mass is 9.97. The Labute approximate surface area is 143 Å². The van der Waals surface area contributed by atoms with Crippen molar-refractivity contribution in [3.05, 3.63) is 77.9 Å². The number of fused-ring (bicyclic) bond motifs is 2. The first-order valence-electron chi connectivity index (χ1n) is 8.59. The van der Waals surface area contributed by atoms with Crippen LogP contribution in [-0.4, -0.2) is 0 Å². The Morgan fingerprint density at radius 3 is 2.42 bits per heavy atom. The Morgan fingerprint density at radius 2 is 1.58 bits per heavy atom. The van der Waals surface area contributed by atoms with Gasteiger partial charge in [-0.1, -0.05) is 43.3 Å². The quantitative estimate of drug-likeness (QED) is 0.439. The van der Waals surface area contributed by atoms with E-state index in [1.807, 2.05) is 0 Å². The number of rotatable bonds is 2.